The Hall–Kier alpha value is -1.10. The van der Waals surface area contributed by atoms with Gasteiger partial charge in [-0.15, -0.1) is 0 Å². The van der Waals surface area contributed by atoms with Crippen LogP contribution in [0.2, 0.25) is 0 Å². The maximum absolute atomic E-state index is 12.0. The average Bonchev–Trinajstić information content (AvgIpc) is 2.83. The Labute approximate surface area is 217 Å². The van der Waals surface area contributed by atoms with E-state index in [1.807, 2.05) is 0 Å². The fourth-order valence-electron chi connectivity index (χ4n) is 4.27. The number of ether oxygens (including phenoxy) is 2. The highest BCUT2D eigenvalue weighted by Crippen LogP contribution is 2.14. The van der Waals surface area contributed by atoms with Gasteiger partial charge in [0, 0.05) is 12.8 Å². The Balaban J connectivity index is 3.58. The highest BCUT2D eigenvalue weighted by molar-refractivity contribution is 5.70. The second-order valence-corrected chi connectivity index (χ2v) is 10.7. The van der Waals surface area contributed by atoms with Crippen molar-refractivity contribution in [2.45, 2.75) is 162 Å². The van der Waals surface area contributed by atoms with Crippen molar-refractivity contribution in [3.63, 3.8) is 0 Å². The third-order valence-corrected chi connectivity index (χ3v) is 6.58. The van der Waals surface area contributed by atoms with Gasteiger partial charge in [0.15, 0.2) is 6.10 Å². The van der Waals surface area contributed by atoms with Crippen molar-refractivity contribution in [1.82, 2.24) is 0 Å². The first kappa shape index (κ1) is 33.9. The molecule has 0 amide bonds. The fourth-order valence-corrected chi connectivity index (χ4v) is 4.27. The summed E-state index contributed by atoms with van der Waals surface area (Å²) in [5.74, 6) is 0.183. The molecule has 0 unspecified atom stereocenters. The first-order valence-electron chi connectivity index (χ1n) is 15.0. The molecule has 0 aromatic carbocycles. The minimum Gasteiger partial charge on any atom is -0.462 e. The van der Waals surface area contributed by atoms with E-state index in [4.69, 9.17) is 9.47 Å². The number of esters is 2. The molecule has 0 fully saturated rings. The van der Waals surface area contributed by atoms with Crippen LogP contribution in [0.1, 0.15) is 156 Å². The van der Waals surface area contributed by atoms with Crippen LogP contribution in [0.25, 0.3) is 0 Å². The van der Waals surface area contributed by atoms with E-state index in [1.54, 1.807) is 0 Å². The molecule has 0 saturated heterocycles. The number of carbonyl (C=O) groups excluding carboxylic acids is 2. The van der Waals surface area contributed by atoms with E-state index >= 15 is 0 Å². The van der Waals surface area contributed by atoms with E-state index in [1.165, 1.54) is 83.5 Å². The van der Waals surface area contributed by atoms with Crippen LogP contribution in [0.5, 0.6) is 0 Å². The molecule has 5 heteroatoms. The van der Waals surface area contributed by atoms with Gasteiger partial charge in [0.1, 0.15) is 6.61 Å². The second-order valence-electron chi connectivity index (χ2n) is 10.7. The molecule has 0 heterocycles. The predicted octanol–water partition coefficient (Wildman–Crippen LogP) is 8.30. The number of rotatable bonds is 26. The zero-order valence-corrected chi connectivity index (χ0v) is 23.5. The van der Waals surface area contributed by atoms with E-state index < -0.39 is 6.10 Å². The standard InChI is InChI=1S/C30H58O5/c1-4-5-6-7-8-9-10-11-12-13-17-20-23-29(32)34-26-28(25-31)35-30(33)24-21-18-15-14-16-19-22-27(2)3/h27-28,31H,4-26H2,1-3H3/t28-/m0/s1. The van der Waals surface area contributed by atoms with Crippen molar-refractivity contribution in [3.8, 4) is 0 Å². The monoisotopic (exact) mass is 498 g/mol. The summed E-state index contributed by atoms with van der Waals surface area (Å²) >= 11 is 0. The normalized spacial score (nSPS) is 12.1. The average molecular weight is 499 g/mol. The maximum atomic E-state index is 12.0. The van der Waals surface area contributed by atoms with Crippen molar-refractivity contribution in [2.75, 3.05) is 13.2 Å². The lowest BCUT2D eigenvalue weighted by atomic mass is 10.0. The number of aliphatic hydroxyl groups excluding tert-OH is 1. The molecule has 35 heavy (non-hydrogen) atoms. The molecule has 0 rings (SSSR count). The smallest absolute Gasteiger partial charge is 0.306 e. The molecule has 0 bridgehead atoms. The van der Waals surface area contributed by atoms with Gasteiger partial charge in [-0.2, -0.15) is 0 Å². The molecule has 0 radical (unpaired) electrons. The number of carbonyl (C=O) groups is 2. The van der Waals surface area contributed by atoms with Crippen LogP contribution >= 0.6 is 0 Å². The lowest BCUT2D eigenvalue weighted by Crippen LogP contribution is -2.28. The topological polar surface area (TPSA) is 72.8 Å². The summed E-state index contributed by atoms with van der Waals surface area (Å²) in [6.07, 6.45) is 23.1. The Morgan fingerprint density at radius 2 is 1.06 bits per heavy atom. The molecule has 0 saturated carbocycles. The largest absolute Gasteiger partial charge is 0.462 e. The first-order valence-corrected chi connectivity index (χ1v) is 15.0. The number of hydrogen-bond donors (Lipinski definition) is 1. The molecule has 0 aromatic heterocycles. The Kier molecular flexibility index (Phi) is 25.2. The first-order chi connectivity index (χ1) is 17.0. The molecule has 0 aliphatic heterocycles. The summed E-state index contributed by atoms with van der Waals surface area (Å²) in [5.41, 5.74) is 0. The lowest BCUT2D eigenvalue weighted by molar-refractivity contribution is -0.161. The summed E-state index contributed by atoms with van der Waals surface area (Å²) in [4.78, 5) is 23.9. The Morgan fingerprint density at radius 1 is 0.629 bits per heavy atom. The van der Waals surface area contributed by atoms with Gasteiger partial charge in [-0.1, -0.05) is 130 Å². The molecule has 0 aliphatic rings. The summed E-state index contributed by atoms with van der Waals surface area (Å²) in [7, 11) is 0. The van der Waals surface area contributed by atoms with Gasteiger partial charge >= 0.3 is 11.9 Å². The maximum Gasteiger partial charge on any atom is 0.306 e. The van der Waals surface area contributed by atoms with E-state index in [2.05, 4.69) is 20.8 Å². The molecule has 1 atom stereocenters. The summed E-state index contributed by atoms with van der Waals surface area (Å²) in [6.45, 7) is 6.38. The van der Waals surface area contributed by atoms with Crippen LogP contribution in [0.15, 0.2) is 0 Å². The minimum absolute atomic E-state index is 0.0603. The molecule has 0 aromatic rings. The van der Waals surface area contributed by atoms with Gasteiger partial charge in [-0.3, -0.25) is 9.59 Å². The van der Waals surface area contributed by atoms with Crippen molar-refractivity contribution in [1.29, 1.82) is 0 Å². The highest BCUT2D eigenvalue weighted by Gasteiger charge is 2.16. The van der Waals surface area contributed by atoms with E-state index in [9.17, 15) is 14.7 Å². The zero-order valence-electron chi connectivity index (χ0n) is 23.5. The van der Waals surface area contributed by atoms with Gasteiger partial charge in [0.05, 0.1) is 6.61 Å². The molecule has 0 aliphatic carbocycles. The molecule has 5 nitrogen and oxygen atoms in total. The molecule has 1 N–H and O–H groups in total. The van der Waals surface area contributed by atoms with Crippen molar-refractivity contribution in [3.05, 3.63) is 0 Å². The van der Waals surface area contributed by atoms with Crippen LogP contribution in [-0.2, 0) is 19.1 Å². The van der Waals surface area contributed by atoms with Crippen LogP contribution in [0.4, 0.5) is 0 Å². The van der Waals surface area contributed by atoms with Crippen LogP contribution in [0.3, 0.4) is 0 Å². The van der Waals surface area contributed by atoms with Crippen molar-refractivity contribution >= 4 is 11.9 Å². The number of unbranched alkanes of at least 4 members (excludes halogenated alkanes) is 16. The Bertz CT molecular complexity index is 477. The van der Waals surface area contributed by atoms with Crippen LogP contribution in [-0.4, -0.2) is 36.4 Å². The highest BCUT2D eigenvalue weighted by atomic mass is 16.6. The van der Waals surface area contributed by atoms with Gasteiger partial charge in [0.25, 0.3) is 0 Å². The predicted molar refractivity (Wildman–Crippen MR) is 145 cm³/mol. The SMILES string of the molecule is CCCCCCCCCCCCCCC(=O)OC[C@H](CO)OC(=O)CCCCCCCCC(C)C. The number of hydrogen-bond acceptors (Lipinski definition) is 5. The van der Waals surface area contributed by atoms with Gasteiger partial charge in [-0.05, 0) is 18.8 Å². The lowest BCUT2D eigenvalue weighted by Gasteiger charge is -2.15. The molecular weight excluding hydrogens is 440 g/mol. The third-order valence-electron chi connectivity index (χ3n) is 6.58. The van der Waals surface area contributed by atoms with Gasteiger partial charge in [0.2, 0.25) is 0 Å². The van der Waals surface area contributed by atoms with Crippen molar-refractivity contribution < 1.29 is 24.2 Å². The quantitative estimate of drug-likeness (QED) is 0.0959. The minimum atomic E-state index is -0.760. The van der Waals surface area contributed by atoms with Crippen molar-refractivity contribution in [2.24, 2.45) is 5.92 Å². The van der Waals surface area contributed by atoms with E-state index in [0.29, 0.717) is 12.8 Å². The van der Waals surface area contributed by atoms with E-state index in [-0.39, 0.29) is 25.2 Å². The fraction of sp³-hybridized carbons (Fsp3) is 0.933. The van der Waals surface area contributed by atoms with Crippen LogP contribution < -0.4 is 0 Å². The molecule has 0 spiro atoms. The number of aliphatic hydroxyl groups is 1. The van der Waals surface area contributed by atoms with Gasteiger partial charge < -0.3 is 14.6 Å². The zero-order chi connectivity index (χ0) is 26.0. The summed E-state index contributed by atoms with van der Waals surface area (Å²) in [5, 5.41) is 9.44. The summed E-state index contributed by atoms with van der Waals surface area (Å²) in [6, 6.07) is 0. The third kappa shape index (κ3) is 25.8. The molecule has 208 valence electrons. The summed E-state index contributed by atoms with van der Waals surface area (Å²) < 4.78 is 10.5. The molecular formula is C30H58O5. The second kappa shape index (κ2) is 26.0. The van der Waals surface area contributed by atoms with Crippen LogP contribution in [0, 0.1) is 5.92 Å². The Morgan fingerprint density at radius 3 is 1.51 bits per heavy atom. The van der Waals surface area contributed by atoms with Gasteiger partial charge in [-0.25, -0.2) is 0 Å². The van der Waals surface area contributed by atoms with E-state index in [0.717, 1.165) is 44.4 Å².